The Bertz CT molecular complexity index is 786. The molecular weight excluding hydrogens is 397 g/mol. The topological polar surface area (TPSA) is 93.1 Å². The molecular formula is C15H16F4NO6P. The molecule has 1 aliphatic rings. The predicted molar refractivity (Wildman–Crippen MR) is 83.6 cm³/mol. The van der Waals surface area contributed by atoms with Crippen molar-refractivity contribution in [1.29, 1.82) is 0 Å². The molecule has 0 bridgehead atoms. The summed E-state index contributed by atoms with van der Waals surface area (Å²) in [5.41, 5.74) is -0.976. The number of likely N-dealkylation sites (tertiary alicyclic amines) is 1. The second-order valence-electron chi connectivity index (χ2n) is 5.87. The number of nitrogens with zero attached hydrogens (tertiary/aromatic N) is 1. The van der Waals surface area contributed by atoms with Crippen LogP contribution in [-0.2, 0) is 18.4 Å². The van der Waals surface area contributed by atoms with Crippen molar-refractivity contribution in [3.8, 4) is 0 Å². The van der Waals surface area contributed by atoms with Gasteiger partial charge in [-0.15, -0.1) is 0 Å². The van der Waals surface area contributed by atoms with Gasteiger partial charge in [-0.3, -0.25) is 14.3 Å². The Morgan fingerprint density at radius 1 is 1.19 bits per heavy atom. The van der Waals surface area contributed by atoms with Crippen molar-refractivity contribution in [3.63, 3.8) is 0 Å². The molecule has 1 N–H and O–H groups in total. The van der Waals surface area contributed by atoms with Crippen LogP contribution in [0.5, 0.6) is 0 Å². The second-order valence-corrected chi connectivity index (χ2v) is 8.13. The monoisotopic (exact) mass is 413 g/mol. The Balaban J connectivity index is 2.37. The highest BCUT2D eigenvalue weighted by atomic mass is 31.2. The molecule has 2 atom stereocenters. The molecule has 0 spiro atoms. The summed E-state index contributed by atoms with van der Waals surface area (Å²) in [4.78, 5) is 24.4. The summed E-state index contributed by atoms with van der Waals surface area (Å²) in [6, 6.07) is -1.40. The average molecular weight is 413 g/mol. The molecule has 7 nitrogen and oxygen atoms in total. The minimum atomic E-state index is -3.81. The van der Waals surface area contributed by atoms with E-state index in [4.69, 9.17) is 0 Å². The van der Waals surface area contributed by atoms with Gasteiger partial charge in [-0.05, 0) is 6.42 Å². The number of amides is 1. The zero-order valence-electron chi connectivity index (χ0n) is 14.2. The Labute approximate surface area is 151 Å². The summed E-state index contributed by atoms with van der Waals surface area (Å²) < 4.78 is 76.3. The van der Waals surface area contributed by atoms with Gasteiger partial charge >= 0.3 is 13.7 Å². The largest absolute Gasteiger partial charge is 0.465 e. The van der Waals surface area contributed by atoms with Crippen LogP contribution in [-0.4, -0.2) is 54.9 Å². The summed E-state index contributed by atoms with van der Waals surface area (Å²) in [6.07, 6.45) is -2.81. The highest BCUT2D eigenvalue weighted by Crippen LogP contribution is 2.47. The summed E-state index contributed by atoms with van der Waals surface area (Å²) in [7, 11) is -1.75. The number of hydrogen-bond donors (Lipinski definition) is 1. The Morgan fingerprint density at radius 3 is 2.15 bits per heavy atom. The lowest BCUT2D eigenvalue weighted by Crippen LogP contribution is -2.41. The van der Waals surface area contributed by atoms with Crippen molar-refractivity contribution in [2.45, 2.75) is 18.4 Å². The lowest BCUT2D eigenvalue weighted by atomic mass is 9.94. The van der Waals surface area contributed by atoms with Gasteiger partial charge in [-0.1, -0.05) is 0 Å². The second kappa shape index (κ2) is 7.95. The van der Waals surface area contributed by atoms with Crippen LogP contribution in [0.3, 0.4) is 0 Å². The van der Waals surface area contributed by atoms with Crippen LogP contribution in [0.2, 0.25) is 0 Å². The molecule has 2 rings (SSSR count). The first-order valence-corrected chi connectivity index (χ1v) is 9.33. The zero-order valence-corrected chi connectivity index (χ0v) is 15.1. The quantitative estimate of drug-likeness (QED) is 0.438. The molecule has 1 amide bonds. The molecule has 0 saturated carbocycles. The minimum absolute atomic E-state index is 0.0359. The van der Waals surface area contributed by atoms with Crippen molar-refractivity contribution in [2.24, 2.45) is 0 Å². The summed E-state index contributed by atoms with van der Waals surface area (Å²) in [5.74, 6) is -8.77. The summed E-state index contributed by atoms with van der Waals surface area (Å²) >= 11 is 0. The average Bonchev–Trinajstić information content (AvgIpc) is 3.05. The van der Waals surface area contributed by atoms with Gasteiger partial charge in [0.1, 0.15) is 6.16 Å². The van der Waals surface area contributed by atoms with Crippen molar-refractivity contribution in [3.05, 3.63) is 34.9 Å². The number of rotatable bonds is 6. The van der Waals surface area contributed by atoms with Gasteiger partial charge in [0.2, 0.25) is 0 Å². The number of carbonyl (C=O) groups is 2. The normalized spacial score (nSPS) is 20.1. The number of ketones is 1. The van der Waals surface area contributed by atoms with Crippen molar-refractivity contribution < 1.29 is 45.9 Å². The van der Waals surface area contributed by atoms with Crippen LogP contribution in [0.15, 0.2) is 6.07 Å². The molecule has 0 aliphatic carbocycles. The maximum atomic E-state index is 14.0. The molecule has 27 heavy (non-hydrogen) atoms. The van der Waals surface area contributed by atoms with Crippen LogP contribution in [0.1, 0.15) is 17.9 Å². The smallest absolute Gasteiger partial charge is 0.407 e. The molecule has 1 aromatic carbocycles. The van der Waals surface area contributed by atoms with Crippen LogP contribution >= 0.6 is 7.60 Å². The van der Waals surface area contributed by atoms with Gasteiger partial charge in [0.25, 0.3) is 0 Å². The van der Waals surface area contributed by atoms with E-state index in [2.05, 4.69) is 9.05 Å². The van der Waals surface area contributed by atoms with E-state index >= 15 is 0 Å². The highest BCUT2D eigenvalue weighted by molar-refractivity contribution is 7.54. The van der Waals surface area contributed by atoms with Crippen molar-refractivity contribution >= 4 is 19.5 Å². The molecule has 1 aliphatic heterocycles. The first kappa shape index (κ1) is 21.3. The highest BCUT2D eigenvalue weighted by Gasteiger charge is 2.44. The number of hydrogen-bond acceptors (Lipinski definition) is 5. The number of halogens is 4. The van der Waals surface area contributed by atoms with Gasteiger partial charge in [0, 0.05) is 38.3 Å². The van der Waals surface area contributed by atoms with E-state index in [1.807, 2.05) is 0 Å². The maximum absolute atomic E-state index is 14.0. The van der Waals surface area contributed by atoms with E-state index in [9.17, 15) is 36.8 Å². The first-order valence-electron chi connectivity index (χ1n) is 7.60. The van der Waals surface area contributed by atoms with E-state index in [1.165, 1.54) is 0 Å². The van der Waals surface area contributed by atoms with Crippen molar-refractivity contribution in [1.82, 2.24) is 4.90 Å². The van der Waals surface area contributed by atoms with Crippen LogP contribution in [0, 0.1) is 23.3 Å². The van der Waals surface area contributed by atoms with Crippen LogP contribution in [0.4, 0.5) is 22.4 Å². The third-order valence-electron chi connectivity index (χ3n) is 4.38. The molecule has 0 radical (unpaired) electrons. The van der Waals surface area contributed by atoms with E-state index < -0.39 is 79.4 Å². The Hall–Kier alpha value is -1.97. The lowest BCUT2D eigenvalue weighted by Gasteiger charge is -2.21. The SMILES string of the molecule is COP(=O)(CC(=O)C1C[C@H](c2c(F)c(F)cc(F)c2F)CN1C(=O)O)OC. The number of Topliss-reactive ketones (excluding diaryl/α,β-unsaturated/α-hetero) is 1. The van der Waals surface area contributed by atoms with Gasteiger partial charge in [-0.25, -0.2) is 22.4 Å². The fraction of sp³-hybridized carbons (Fsp3) is 0.467. The van der Waals surface area contributed by atoms with Crippen LogP contribution < -0.4 is 0 Å². The standard InChI is InChI=1S/C15H16F4NO6P/c1-25-27(24,26-2)6-11(21)10-3-7(5-20(10)15(22)23)12-13(18)8(16)4-9(17)14(12)19/h4,7,10H,3,5-6H2,1-2H3,(H,22,23)/t7-,10?/m0/s1. The third kappa shape index (κ3) is 4.15. The van der Waals surface area contributed by atoms with Gasteiger partial charge in [-0.2, -0.15) is 0 Å². The van der Waals surface area contributed by atoms with Crippen LogP contribution in [0.25, 0.3) is 0 Å². The fourth-order valence-electron chi connectivity index (χ4n) is 3.01. The predicted octanol–water partition coefficient (Wildman–Crippen LogP) is 3.13. The van der Waals surface area contributed by atoms with Gasteiger partial charge in [0.05, 0.1) is 6.04 Å². The van der Waals surface area contributed by atoms with E-state index in [1.54, 1.807) is 0 Å². The van der Waals surface area contributed by atoms with Gasteiger partial charge < -0.3 is 14.2 Å². The zero-order chi connectivity index (χ0) is 20.5. The number of carbonyl (C=O) groups excluding carboxylic acids is 1. The van der Waals surface area contributed by atoms with E-state index in [-0.39, 0.29) is 6.07 Å². The molecule has 0 aromatic heterocycles. The molecule has 1 unspecified atom stereocenters. The Kier molecular flexibility index (Phi) is 6.28. The molecule has 12 heteroatoms. The molecule has 150 valence electrons. The Morgan fingerprint density at radius 2 is 1.70 bits per heavy atom. The van der Waals surface area contributed by atoms with Gasteiger partial charge in [0.15, 0.2) is 29.1 Å². The maximum Gasteiger partial charge on any atom is 0.407 e. The molecule has 1 aromatic rings. The number of benzene rings is 1. The molecule has 1 saturated heterocycles. The van der Waals surface area contributed by atoms with E-state index in [0.717, 1.165) is 14.2 Å². The fourth-order valence-corrected chi connectivity index (χ4v) is 4.01. The van der Waals surface area contributed by atoms with Crippen molar-refractivity contribution in [2.75, 3.05) is 26.9 Å². The number of carboxylic acid groups (broad SMARTS) is 1. The van der Waals surface area contributed by atoms with E-state index in [0.29, 0.717) is 4.90 Å². The first-order chi connectivity index (χ1) is 12.5. The molecule has 1 heterocycles. The molecule has 1 fully saturated rings. The summed E-state index contributed by atoms with van der Waals surface area (Å²) in [6.45, 7) is -0.577. The summed E-state index contributed by atoms with van der Waals surface area (Å²) in [5, 5.41) is 9.26. The minimum Gasteiger partial charge on any atom is -0.465 e. The lowest BCUT2D eigenvalue weighted by molar-refractivity contribution is -0.120. The third-order valence-corrected chi connectivity index (χ3v) is 6.19.